The molecule has 1 heterocycles. The number of amides is 1. The van der Waals surface area contributed by atoms with Crippen molar-refractivity contribution in [3.8, 4) is 5.75 Å². The van der Waals surface area contributed by atoms with Gasteiger partial charge in [0.1, 0.15) is 17.5 Å². The molecule has 0 aliphatic carbocycles. The second-order valence-corrected chi connectivity index (χ2v) is 6.43. The number of benzene rings is 1. The minimum atomic E-state index is -1.13. The lowest BCUT2D eigenvalue weighted by Gasteiger charge is -2.35. The first-order chi connectivity index (χ1) is 9.76. The number of phenols is 1. The zero-order chi connectivity index (χ0) is 15.6. The van der Waals surface area contributed by atoms with Gasteiger partial charge in [-0.2, -0.15) is 0 Å². The summed E-state index contributed by atoms with van der Waals surface area (Å²) >= 11 is 0. The molecule has 1 amide bonds. The minimum Gasteiger partial charge on any atom is -0.508 e. The summed E-state index contributed by atoms with van der Waals surface area (Å²) in [6.07, 6.45) is -1.05. The number of rotatable bonds is 1. The maximum Gasteiger partial charge on any atom is 0.410 e. The standard InChI is InChI=1S/C16H22FNO3/c1-16(2,3)21-15(20)18-9-8-13(14(17)10-18)11-4-6-12(19)7-5-11/h4-7,13-14,19H,8-10H2,1-3H3/t13-,14-/m1/s1. The third-order valence-corrected chi connectivity index (χ3v) is 3.51. The highest BCUT2D eigenvalue weighted by Gasteiger charge is 2.34. The third-order valence-electron chi connectivity index (χ3n) is 3.51. The van der Waals surface area contributed by atoms with Gasteiger partial charge < -0.3 is 14.7 Å². The smallest absolute Gasteiger partial charge is 0.410 e. The largest absolute Gasteiger partial charge is 0.508 e. The Morgan fingerprint density at radius 1 is 1.33 bits per heavy atom. The van der Waals surface area contributed by atoms with Gasteiger partial charge in [0.2, 0.25) is 0 Å². The van der Waals surface area contributed by atoms with Gasteiger partial charge in [-0.1, -0.05) is 12.1 Å². The van der Waals surface area contributed by atoms with Crippen LogP contribution in [0.1, 0.15) is 38.7 Å². The van der Waals surface area contributed by atoms with Crippen LogP contribution in [0.15, 0.2) is 24.3 Å². The van der Waals surface area contributed by atoms with E-state index in [4.69, 9.17) is 4.74 Å². The van der Waals surface area contributed by atoms with E-state index in [0.29, 0.717) is 13.0 Å². The number of ether oxygens (including phenoxy) is 1. The number of hydrogen-bond donors (Lipinski definition) is 1. The molecule has 0 spiro atoms. The van der Waals surface area contributed by atoms with E-state index in [2.05, 4.69) is 0 Å². The van der Waals surface area contributed by atoms with Crippen LogP contribution < -0.4 is 0 Å². The van der Waals surface area contributed by atoms with Crippen molar-refractivity contribution in [2.75, 3.05) is 13.1 Å². The number of likely N-dealkylation sites (tertiary alicyclic amines) is 1. The van der Waals surface area contributed by atoms with Crippen molar-refractivity contribution in [3.63, 3.8) is 0 Å². The van der Waals surface area contributed by atoms with Crippen LogP contribution in [-0.4, -0.2) is 41.0 Å². The van der Waals surface area contributed by atoms with Gasteiger partial charge in [-0.3, -0.25) is 0 Å². The van der Waals surface area contributed by atoms with E-state index >= 15 is 0 Å². The summed E-state index contributed by atoms with van der Waals surface area (Å²) < 4.78 is 19.6. The number of nitrogens with zero attached hydrogens (tertiary/aromatic N) is 1. The van der Waals surface area contributed by atoms with Gasteiger partial charge in [-0.25, -0.2) is 9.18 Å². The average Bonchev–Trinajstić information content (AvgIpc) is 2.38. The average molecular weight is 295 g/mol. The maximum atomic E-state index is 14.4. The second-order valence-electron chi connectivity index (χ2n) is 6.43. The Bertz CT molecular complexity index is 495. The summed E-state index contributed by atoms with van der Waals surface area (Å²) in [5.74, 6) is -0.0790. The zero-order valence-corrected chi connectivity index (χ0v) is 12.7. The topological polar surface area (TPSA) is 49.8 Å². The number of carbonyl (C=O) groups is 1. The van der Waals surface area contributed by atoms with Crippen molar-refractivity contribution in [1.29, 1.82) is 0 Å². The van der Waals surface area contributed by atoms with Crippen LogP contribution in [0.3, 0.4) is 0 Å². The number of carbonyl (C=O) groups excluding carboxylic acids is 1. The van der Waals surface area contributed by atoms with Crippen LogP contribution in [0.2, 0.25) is 0 Å². The van der Waals surface area contributed by atoms with E-state index in [0.717, 1.165) is 5.56 Å². The molecule has 5 heteroatoms. The van der Waals surface area contributed by atoms with Crippen LogP contribution in [0.5, 0.6) is 5.75 Å². The van der Waals surface area contributed by atoms with Crippen LogP contribution in [0.4, 0.5) is 9.18 Å². The van der Waals surface area contributed by atoms with Gasteiger partial charge in [0.25, 0.3) is 0 Å². The van der Waals surface area contributed by atoms with Crippen LogP contribution in [0, 0.1) is 0 Å². The molecular weight excluding hydrogens is 273 g/mol. The van der Waals surface area contributed by atoms with Gasteiger partial charge >= 0.3 is 6.09 Å². The first-order valence-corrected chi connectivity index (χ1v) is 7.17. The Morgan fingerprint density at radius 3 is 2.48 bits per heavy atom. The number of phenolic OH excluding ortho intramolecular Hbond substituents is 1. The molecule has 116 valence electrons. The van der Waals surface area contributed by atoms with Crippen LogP contribution >= 0.6 is 0 Å². The predicted molar refractivity (Wildman–Crippen MR) is 78.2 cm³/mol. The highest BCUT2D eigenvalue weighted by atomic mass is 19.1. The summed E-state index contributed by atoms with van der Waals surface area (Å²) in [6, 6.07) is 6.58. The molecule has 0 bridgehead atoms. The Balaban J connectivity index is 1.99. The van der Waals surface area contributed by atoms with Gasteiger partial charge in [0, 0.05) is 12.5 Å². The third kappa shape index (κ3) is 4.09. The summed E-state index contributed by atoms with van der Waals surface area (Å²) in [7, 11) is 0. The van der Waals surface area contributed by atoms with E-state index in [1.165, 1.54) is 4.90 Å². The highest BCUT2D eigenvalue weighted by molar-refractivity contribution is 5.68. The normalized spacial score (nSPS) is 23.0. The molecule has 21 heavy (non-hydrogen) atoms. The van der Waals surface area contributed by atoms with E-state index in [1.807, 2.05) is 0 Å². The van der Waals surface area contributed by atoms with Gasteiger partial charge in [0.15, 0.2) is 0 Å². The van der Waals surface area contributed by atoms with Crippen molar-refractivity contribution in [2.45, 2.75) is 44.9 Å². The fourth-order valence-corrected chi connectivity index (χ4v) is 2.49. The van der Waals surface area contributed by atoms with Gasteiger partial charge in [-0.15, -0.1) is 0 Å². The number of aromatic hydroxyl groups is 1. The van der Waals surface area contributed by atoms with Crippen molar-refractivity contribution in [1.82, 2.24) is 4.90 Å². The molecule has 0 aromatic heterocycles. The number of hydrogen-bond acceptors (Lipinski definition) is 3. The first kappa shape index (κ1) is 15.6. The molecule has 1 aliphatic heterocycles. The summed E-state index contributed by atoms with van der Waals surface area (Å²) in [5.41, 5.74) is 0.278. The molecule has 0 unspecified atom stereocenters. The van der Waals surface area contributed by atoms with Gasteiger partial charge in [-0.05, 0) is 44.9 Å². The summed E-state index contributed by atoms with van der Waals surface area (Å²) in [6.45, 7) is 5.89. The Labute approximate surface area is 124 Å². The molecule has 2 atom stereocenters. The van der Waals surface area contributed by atoms with Gasteiger partial charge in [0.05, 0.1) is 6.54 Å². The number of piperidine rings is 1. The lowest BCUT2D eigenvalue weighted by atomic mass is 9.88. The summed E-state index contributed by atoms with van der Waals surface area (Å²) in [5, 5.41) is 9.28. The van der Waals surface area contributed by atoms with E-state index in [-0.39, 0.29) is 18.2 Å². The molecule has 2 rings (SSSR count). The van der Waals surface area contributed by atoms with Crippen LogP contribution in [0.25, 0.3) is 0 Å². The minimum absolute atomic E-state index is 0.0421. The molecule has 1 aliphatic rings. The molecule has 1 saturated heterocycles. The molecule has 4 nitrogen and oxygen atoms in total. The Hall–Kier alpha value is -1.78. The van der Waals surface area contributed by atoms with E-state index in [9.17, 15) is 14.3 Å². The molecule has 1 N–H and O–H groups in total. The molecule has 1 aromatic carbocycles. The number of halogens is 1. The first-order valence-electron chi connectivity index (χ1n) is 7.17. The van der Waals surface area contributed by atoms with Crippen LogP contribution in [-0.2, 0) is 4.74 Å². The highest BCUT2D eigenvalue weighted by Crippen LogP contribution is 2.31. The molecule has 0 saturated carbocycles. The van der Waals surface area contributed by atoms with E-state index in [1.54, 1.807) is 45.0 Å². The van der Waals surface area contributed by atoms with Crippen molar-refractivity contribution in [3.05, 3.63) is 29.8 Å². The Morgan fingerprint density at radius 2 is 1.95 bits per heavy atom. The lowest BCUT2D eigenvalue weighted by molar-refractivity contribution is 0.0111. The SMILES string of the molecule is CC(C)(C)OC(=O)N1CC[C@H](c2ccc(O)cc2)[C@H](F)C1. The Kier molecular flexibility index (Phi) is 4.40. The second kappa shape index (κ2) is 5.92. The quantitative estimate of drug-likeness (QED) is 0.863. The van der Waals surface area contributed by atoms with E-state index < -0.39 is 17.9 Å². The predicted octanol–water partition coefficient (Wildman–Crippen LogP) is 3.45. The maximum absolute atomic E-state index is 14.4. The number of alkyl halides is 1. The molecule has 0 radical (unpaired) electrons. The van der Waals surface area contributed by atoms with Crippen molar-refractivity contribution >= 4 is 6.09 Å². The molecule has 1 aromatic rings. The fourth-order valence-electron chi connectivity index (χ4n) is 2.49. The summed E-state index contributed by atoms with van der Waals surface area (Å²) in [4.78, 5) is 13.4. The van der Waals surface area contributed by atoms with Crippen molar-refractivity contribution in [2.24, 2.45) is 0 Å². The molecule has 1 fully saturated rings. The van der Waals surface area contributed by atoms with Crippen molar-refractivity contribution < 1.29 is 19.0 Å². The zero-order valence-electron chi connectivity index (χ0n) is 12.7. The monoisotopic (exact) mass is 295 g/mol. The molecular formula is C16H22FNO3. The lowest BCUT2D eigenvalue weighted by Crippen LogP contribution is -2.46. The fraction of sp³-hybridized carbons (Fsp3) is 0.562.